The lowest BCUT2D eigenvalue weighted by Crippen LogP contribution is -2.45. The summed E-state index contributed by atoms with van der Waals surface area (Å²) in [6, 6.07) is 0.508. The molecule has 1 saturated heterocycles. The monoisotopic (exact) mass is 252 g/mol. The van der Waals surface area contributed by atoms with Crippen molar-refractivity contribution >= 4 is 0 Å². The molecule has 1 unspecified atom stereocenters. The molecule has 2 rings (SSSR count). The zero-order chi connectivity index (χ0) is 13.0. The highest BCUT2D eigenvalue weighted by atomic mass is 16.5. The number of hydrogen-bond donors (Lipinski definition) is 1. The van der Waals surface area contributed by atoms with Crippen LogP contribution in [-0.2, 0) is 17.7 Å². The molecular weight excluding hydrogens is 228 g/mol. The number of hydrogen-bond acceptors (Lipinski definition) is 4. The summed E-state index contributed by atoms with van der Waals surface area (Å²) in [4.78, 5) is 6.95. The van der Waals surface area contributed by atoms with Gasteiger partial charge in [0.1, 0.15) is 11.6 Å². The first kappa shape index (κ1) is 13.5. The number of ether oxygens (including phenoxy) is 1. The Morgan fingerprint density at radius 2 is 2.33 bits per heavy atom. The molecule has 0 amide bonds. The lowest BCUT2D eigenvalue weighted by molar-refractivity contribution is -0.0197. The van der Waals surface area contributed by atoms with Crippen LogP contribution in [0.5, 0.6) is 0 Å². The number of aromatic amines is 1. The van der Waals surface area contributed by atoms with E-state index >= 15 is 0 Å². The van der Waals surface area contributed by atoms with Gasteiger partial charge in [0.2, 0.25) is 0 Å². The Kier molecular flexibility index (Phi) is 4.72. The van der Waals surface area contributed by atoms with Crippen LogP contribution in [0, 0.1) is 5.92 Å². The Hall–Kier alpha value is -0.940. The zero-order valence-electron chi connectivity index (χ0n) is 11.6. The first-order chi connectivity index (χ1) is 8.69. The summed E-state index contributed by atoms with van der Waals surface area (Å²) >= 11 is 0. The maximum Gasteiger partial charge on any atom is 0.150 e. The van der Waals surface area contributed by atoms with E-state index in [1.165, 1.54) is 6.42 Å². The van der Waals surface area contributed by atoms with Crippen LogP contribution in [0.15, 0.2) is 0 Å². The highest BCUT2D eigenvalue weighted by Gasteiger charge is 2.24. The molecule has 18 heavy (non-hydrogen) atoms. The molecule has 0 spiro atoms. The van der Waals surface area contributed by atoms with Crippen molar-refractivity contribution in [2.45, 2.75) is 46.2 Å². The van der Waals surface area contributed by atoms with Crippen LogP contribution in [0.3, 0.4) is 0 Å². The molecule has 102 valence electrons. The lowest BCUT2D eigenvalue weighted by Gasteiger charge is -2.35. The van der Waals surface area contributed by atoms with Crippen LogP contribution >= 0.6 is 0 Å². The van der Waals surface area contributed by atoms with Crippen LogP contribution in [0.25, 0.3) is 0 Å². The smallest absolute Gasteiger partial charge is 0.150 e. The van der Waals surface area contributed by atoms with Gasteiger partial charge in [-0.2, -0.15) is 5.10 Å². The van der Waals surface area contributed by atoms with Crippen molar-refractivity contribution in [1.82, 2.24) is 20.1 Å². The van der Waals surface area contributed by atoms with E-state index in [0.29, 0.717) is 12.0 Å². The van der Waals surface area contributed by atoms with E-state index < -0.39 is 0 Å². The van der Waals surface area contributed by atoms with E-state index in [1.54, 1.807) is 0 Å². The summed E-state index contributed by atoms with van der Waals surface area (Å²) in [6.07, 6.45) is 2.06. The molecule has 1 atom stereocenters. The van der Waals surface area contributed by atoms with Gasteiger partial charge in [-0.1, -0.05) is 20.8 Å². The third-order valence-electron chi connectivity index (χ3n) is 3.34. The maximum atomic E-state index is 5.59. The molecule has 0 radical (unpaired) electrons. The Labute approximate surface area is 109 Å². The van der Waals surface area contributed by atoms with E-state index in [0.717, 1.165) is 44.4 Å². The van der Waals surface area contributed by atoms with E-state index in [9.17, 15) is 0 Å². The number of H-pyrrole nitrogens is 1. The van der Waals surface area contributed by atoms with Crippen LogP contribution in [0.4, 0.5) is 0 Å². The molecule has 0 aliphatic carbocycles. The van der Waals surface area contributed by atoms with Crippen molar-refractivity contribution in [2.75, 3.05) is 19.8 Å². The van der Waals surface area contributed by atoms with Crippen molar-refractivity contribution in [3.63, 3.8) is 0 Å². The van der Waals surface area contributed by atoms with Gasteiger partial charge in [0.05, 0.1) is 19.8 Å². The minimum atomic E-state index is 0.508. The molecule has 1 aromatic heterocycles. The normalized spacial score (nSPS) is 21.7. The van der Waals surface area contributed by atoms with Crippen molar-refractivity contribution in [3.8, 4) is 0 Å². The number of nitrogens with one attached hydrogen (secondary N) is 1. The largest absolute Gasteiger partial charge is 0.378 e. The second-order valence-corrected chi connectivity index (χ2v) is 5.38. The van der Waals surface area contributed by atoms with Gasteiger partial charge >= 0.3 is 0 Å². The molecular formula is C13H24N4O. The standard InChI is InChI=1S/C13H24N4O/c1-4-12-14-13(16-15-12)8-17-5-6-18-9-11(17)7-10(2)3/h10-11H,4-9H2,1-3H3,(H,14,15,16). The van der Waals surface area contributed by atoms with Gasteiger partial charge in [-0.05, 0) is 12.3 Å². The van der Waals surface area contributed by atoms with Gasteiger partial charge in [-0.3, -0.25) is 10.00 Å². The van der Waals surface area contributed by atoms with Crippen LogP contribution in [0.1, 0.15) is 38.8 Å². The zero-order valence-corrected chi connectivity index (χ0v) is 11.6. The van der Waals surface area contributed by atoms with Gasteiger partial charge < -0.3 is 4.74 Å². The molecule has 1 N–H and O–H groups in total. The Balaban J connectivity index is 1.96. The second-order valence-electron chi connectivity index (χ2n) is 5.38. The minimum Gasteiger partial charge on any atom is -0.378 e. The molecule has 5 heteroatoms. The van der Waals surface area contributed by atoms with Crippen molar-refractivity contribution in [3.05, 3.63) is 11.6 Å². The number of morpholine rings is 1. The van der Waals surface area contributed by atoms with Gasteiger partial charge in [-0.25, -0.2) is 4.98 Å². The number of nitrogens with zero attached hydrogens (tertiary/aromatic N) is 3. The van der Waals surface area contributed by atoms with E-state index in [1.807, 2.05) is 0 Å². The molecule has 5 nitrogen and oxygen atoms in total. The van der Waals surface area contributed by atoms with Gasteiger partial charge in [0.15, 0.2) is 0 Å². The minimum absolute atomic E-state index is 0.508. The van der Waals surface area contributed by atoms with Crippen molar-refractivity contribution < 1.29 is 4.74 Å². The number of aryl methyl sites for hydroxylation is 1. The predicted molar refractivity (Wildman–Crippen MR) is 70.2 cm³/mol. The van der Waals surface area contributed by atoms with E-state index in [4.69, 9.17) is 4.74 Å². The average molecular weight is 252 g/mol. The number of aromatic nitrogens is 3. The number of rotatable bonds is 5. The Morgan fingerprint density at radius 1 is 1.50 bits per heavy atom. The fourth-order valence-corrected chi connectivity index (χ4v) is 2.41. The molecule has 1 aliphatic heterocycles. The SMILES string of the molecule is CCc1n[nH]c(CN2CCOCC2CC(C)C)n1. The summed E-state index contributed by atoms with van der Waals surface area (Å²) in [5, 5.41) is 7.23. The lowest BCUT2D eigenvalue weighted by atomic mass is 10.0. The Bertz CT molecular complexity index is 364. The predicted octanol–water partition coefficient (Wildman–Crippen LogP) is 1.61. The third kappa shape index (κ3) is 3.53. The third-order valence-corrected chi connectivity index (χ3v) is 3.34. The van der Waals surface area contributed by atoms with E-state index in [-0.39, 0.29) is 0 Å². The van der Waals surface area contributed by atoms with Crippen molar-refractivity contribution in [2.24, 2.45) is 5.92 Å². The van der Waals surface area contributed by atoms with Gasteiger partial charge in [0, 0.05) is 19.0 Å². The summed E-state index contributed by atoms with van der Waals surface area (Å²) in [5.41, 5.74) is 0. The first-order valence-electron chi connectivity index (χ1n) is 6.91. The molecule has 2 heterocycles. The van der Waals surface area contributed by atoms with Gasteiger partial charge in [-0.15, -0.1) is 0 Å². The highest BCUT2D eigenvalue weighted by molar-refractivity contribution is 4.91. The van der Waals surface area contributed by atoms with E-state index in [2.05, 4.69) is 40.9 Å². The fraction of sp³-hybridized carbons (Fsp3) is 0.846. The maximum absolute atomic E-state index is 5.59. The van der Waals surface area contributed by atoms with Crippen LogP contribution < -0.4 is 0 Å². The summed E-state index contributed by atoms with van der Waals surface area (Å²) in [6.45, 7) is 10.1. The van der Waals surface area contributed by atoms with Crippen LogP contribution in [0.2, 0.25) is 0 Å². The van der Waals surface area contributed by atoms with Crippen LogP contribution in [-0.4, -0.2) is 45.9 Å². The topological polar surface area (TPSA) is 54.0 Å². The van der Waals surface area contributed by atoms with Gasteiger partial charge in [0.25, 0.3) is 0 Å². The molecule has 1 fully saturated rings. The fourth-order valence-electron chi connectivity index (χ4n) is 2.41. The summed E-state index contributed by atoms with van der Waals surface area (Å²) in [5.74, 6) is 2.57. The van der Waals surface area contributed by atoms with Crippen molar-refractivity contribution in [1.29, 1.82) is 0 Å². The summed E-state index contributed by atoms with van der Waals surface area (Å²) in [7, 11) is 0. The molecule has 1 aliphatic rings. The molecule has 0 aromatic carbocycles. The quantitative estimate of drug-likeness (QED) is 0.865. The average Bonchev–Trinajstić information content (AvgIpc) is 2.79. The Morgan fingerprint density at radius 3 is 3.00 bits per heavy atom. The summed E-state index contributed by atoms with van der Waals surface area (Å²) < 4.78 is 5.59. The molecule has 1 aromatic rings. The molecule has 0 bridgehead atoms. The molecule has 0 saturated carbocycles. The highest BCUT2D eigenvalue weighted by Crippen LogP contribution is 2.17. The second kappa shape index (κ2) is 6.29. The first-order valence-corrected chi connectivity index (χ1v) is 6.91.